The second-order valence-electron chi connectivity index (χ2n) is 4.85. The number of imide groups is 1. The van der Waals surface area contributed by atoms with Crippen LogP contribution < -0.4 is 5.32 Å². The molecule has 6 nitrogen and oxygen atoms in total. The first-order valence-corrected chi connectivity index (χ1v) is 7.87. The Morgan fingerprint density at radius 3 is 2.64 bits per heavy atom. The summed E-state index contributed by atoms with van der Waals surface area (Å²) in [5.74, 6) is -0.822. The van der Waals surface area contributed by atoms with Gasteiger partial charge in [-0.2, -0.15) is 0 Å². The fourth-order valence-corrected chi connectivity index (χ4v) is 2.96. The Labute approximate surface area is 133 Å². The lowest BCUT2D eigenvalue weighted by Crippen LogP contribution is -2.36. The van der Waals surface area contributed by atoms with Gasteiger partial charge in [0.2, 0.25) is 5.91 Å². The molecule has 7 heteroatoms. The Morgan fingerprint density at radius 1 is 1.32 bits per heavy atom. The molecule has 0 aliphatic carbocycles. The minimum atomic E-state index is -0.689. The topological polar surface area (TPSA) is 75.7 Å². The lowest BCUT2D eigenvalue weighted by molar-refractivity contribution is -0.144. The molecule has 0 saturated carbocycles. The molecule has 1 N–H and O–H groups in total. The molecule has 1 fully saturated rings. The molecule has 22 heavy (non-hydrogen) atoms. The molecule has 0 bridgehead atoms. The molecule has 1 saturated heterocycles. The zero-order chi connectivity index (χ0) is 16.1. The average molecular weight is 322 g/mol. The van der Waals surface area contributed by atoms with Crippen molar-refractivity contribution in [3.05, 3.63) is 29.8 Å². The van der Waals surface area contributed by atoms with Crippen LogP contribution in [0, 0.1) is 6.92 Å². The van der Waals surface area contributed by atoms with Crippen LogP contribution >= 0.6 is 11.8 Å². The minimum absolute atomic E-state index is 0.0793. The van der Waals surface area contributed by atoms with Crippen molar-refractivity contribution in [1.82, 2.24) is 4.90 Å². The molecule has 2 amide bonds. The average Bonchev–Trinajstić information content (AvgIpc) is 2.73. The van der Waals surface area contributed by atoms with Crippen molar-refractivity contribution < 1.29 is 19.1 Å². The van der Waals surface area contributed by atoms with Gasteiger partial charge >= 0.3 is 5.97 Å². The SMILES string of the molecule is CCOC(=O)CC1SC(=O)N(CNc2ccc(C)cc2)C1=O. The number of thioether (sulfide) groups is 1. The molecule has 1 aliphatic heterocycles. The van der Waals surface area contributed by atoms with Gasteiger partial charge in [0.1, 0.15) is 5.25 Å². The monoisotopic (exact) mass is 322 g/mol. The van der Waals surface area contributed by atoms with E-state index in [2.05, 4.69) is 5.32 Å². The second kappa shape index (κ2) is 7.31. The van der Waals surface area contributed by atoms with Gasteiger partial charge in [-0.15, -0.1) is 0 Å². The van der Waals surface area contributed by atoms with Gasteiger partial charge in [0.25, 0.3) is 5.24 Å². The van der Waals surface area contributed by atoms with Crippen molar-refractivity contribution in [3.8, 4) is 0 Å². The number of esters is 1. The molecule has 1 heterocycles. The number of carbonyl (C=O) groups excluding carboxylic acids is 3. The van der Waals surface area contributed by atoms with E-state index in [4.69, 9.17) is 4.74 Å². The van der Waals surface area contributed by atoms with Crippen molar-refractivity contribution in [3.63, 3.8) is 0 Å². The van der Waals surface area contributed by atoms with E-state index >= 15 is 0 Å². The van der Waals surface area contributed by atoms with E-state index in [-0.39, 0.29) is 30.8 Å². The molecule has 0 radical (unpaired) electrons. The molecule has 0 spiro atoms. The third-order valence-electron chi connectivity index (χ3n) is 3.16. The maximum absolute atomic E-state index is 12.2. The van der Waals surface area contributed by atoms with Crippen molar-refractivity contribution in [2.24, 2.45) is 0 Å². The number of nitrogens with zero attached hydrogens (tertiary/aromatic N) is 1. The number of carbonyl (C=O) groups is 3. The van der Waals surface area contributed by atoms with Gasteiger partial charge in [-0.1, -0.05) is 29.5 Å². The van der Waals surface area contributed by atoms with Gasteiger partial charge in [-0.25, -0.2) is 0 Å². The largest absolute Gasteiger partial charge is 0.466 e. The van der Waals surface area contributed by atoms with Crippen LogP contribution in [-0.2, 0) is 14.3 Å². The lowest BCUT2D eigenvalue weighted by atomic mass is 10.2. The normalized spacial score (nSPS) is 17.7. The predicted octanol–water partition coefficient (Wildman–Crippen LogP) is 2.38. The van der Waals surface area contributed by atoms with E-state index in [1.165, 1.54) is 0 Å². The molecular weight excluding hydrogens is 304 g/mol. The van der Waals surface area contributed by atoms with E-state index in [9.17, 15) is 14.4 Å². The van der Waals surface area contributed by atoms with Crippen molar-refractivity contribution in [2.45, 2.75) is 25.5 Å². The predicted molar refractivity (Wildman–Crippen MR) is 84.5 cm³/mol. The number of hydrogen-bond acceptors (Lipinski definition) is 6. The van der Waals surface area contributed by atoms with Gasteiger partial charge in [0, 0.05) is 5.69 Å². The summed E-state index contributed by atoms with van der Waals surface area (Å²) < 4.78 is 4.81. The second-order valence-corrected chi connectivity index (χ2v) is 6.00. The van der Waals surface area contributed by atoms with Gasteiger partial charge in [0.15, 0.2) is 0 Å². The molecule has 0 aromatic heterocycles. The zero-order valence-electron chi connectivity index (χ0n) is 12.5. The van der Waals surface area contributed by atoms with Gasteiger partial charge in [-0.3, -0.25) is 19.3 Å². The fraction of sp³-hybridized carbons (Fsp3) is 0.400. The van der Waals surface area contributed by atoms with Crippen LogP contribution in [0.2, 0.25) is 0 Å². The molecule has 1 aromatic rings. The molecular formula is C15H18N2O4S. The Morgan fingerprint density at radius 2 is 2.00 bits per heavy atom. The summed E-state index contributed by atoms with van der Waals surface area (Å²) in [6, 6.07) is 7.63. The number of ether oxygens (including phenoxy) is 1. The highest BCUT2D eigenvalue weighted by atomic mass is 32.2. The highest BCUT2D eigenvalue weighted by Gasteiger charge is 2.40. The first-order chi connectivity index (χ1) is 10.5. The van der Waals surface area contributed by atoms with Gasteiger partial charge in [0.05, 0.1) is 19.7 Å². The Kier molecular flexibility index (Phi) is 5.43. The summed E-state index contributed by atoms with van der Waals surface area (Å²) in [7, 11) is 0. The van der Waals surface area contributed by atoms with E-state index in [1.54, 1.807) is 6.92 Å². The number of aryl methyl sites for hydroxylation is 1. The Hall–Kier alpha value is -2.02. The maximum atomic E-state index is 12.2. The molecule has 1 unspecified atom stereocenters. The summed E-state index contributed by atoms with van der Waals surface area (Å²) in [5.41, 5.74) is 1.95. The van der Waals surface area contributed by atoms with Crippen molar-refractivity contribution in [1.29, 1.82) is 0 Å². The Balaban J connectivity index is 1.91. The van der Waals surface area contributed by atoms with E-state index in [0.29, 0.717) is 0 Å². The first kappa shape index (κ1) is 16.4. The molecule has 1 aliphatic rings. The van der Waals surface area contributed by atoms with Crippen LogP contribution in [0.15, 0.2) is 24.3 Å². The van der Waals surface area contributed by atoms with Crippen LogP contribution in [0.1, 0.15) is 18.9 Å². The van der Waals surface area contributed by atoms with Crippen LogP contribution in [0.4, 0.5) is 10.5 Å². The summed E-state index contributed by atoms with van der Waals surface area (Å²) in [6.45, 7) is 4.03. The van der Waals surface area contributed by atoms with Crippen LogP contribution in [0.3, 0.4) is 0 Å². The summed E-state index contributed by atoms with van der Waals surface area (Å²) in [6.07, 6.45) is -0.0793. The summed E-state index contributed by atoms with van der Waals surface area (Å²) >= 11 is 0.870. The van der Waals surface area contributed by atoms with Gasteiger partial charge < -0.3 is 10.1 Å². The zero-order valence-corrected chi connectivity index (χ0v) is 13.3. The number of nitrogens with one attached hydrogen (secondary N) is 1. The van der Waals surface area contributed by atoms with E-state index in [1.807, 2.05) is 31.2 Å². The van der Waals surface area contributed by atoms with E-state index in [0.717, 1.165) is 27.9 Å². The third kappa shape index (κ3) is 4.00. The highest BCUT2D eigenvalue weighted by Crippen LogP contribution is 2.29. The third-order valence-corrected chi connectivity index (χ3v) is 4.23. The molecule has 118 valence electrons. The number of rotatable bonds is 6. The molecule has 2 rings (SSSR count). The minimum Gasteiger partial charge on any atom is -0.466 e. The maximum Gasteiger partial charge on any atom is 0.307 e. The van der Waals surface area contributed by atoms with Crippen LogP contribution in [0.25, 0.3) is 0 Å². The Bertz CT molecular complexity index is 573. The smallest absolute Gasteiger partial charge is 0.307 e. The lowest BCUT2D eigenvalue weighted by Gasteiger charge is -2.15. The number of amides is 2. The van der Waals surface area contributed by atoms with Crippen molar-refractivity contribution >= 4 is 34.6 Å². The molecule has 1 aromatic carbocycles. The van der Waals surface area contributed by atoms with Crippen LogP contribution in [-0.4, -0.2) is 40.5 Å². The quantitative estimate of drug-likeness (QED) is 0.811. The first-order valence-electron chi connectivity index (χ1n) is 6.99. The van der Waals surface area contributed by atoms with Crippen LogP contribution in [0.5, 0.6) is 0 Å². The summed E-state index contributed by atoms with van der Waals surface area (Å²) in [4.78, 5) is 36.6. The number of hydrogen-bond donors (Lipinski definition) is 1. The number of benzene rings is 1. The fourth-order valence-electron chi connectivity index (χ4n) is 1.98. The van der Waals surface area contributed by atoms with Crippen molar-refractivity contribution in [2.75, 3.05) is 18.6 Å². The van der Waals surface area contributed by atoms with Gasteiger partial charge in [-0.05, 0) is 26.0 Å². The highest BCUT2D eigenvalue weighted by molar-refractivity contribution is 8.15. The summed E-state index contributed by atoms with van der Waals surface area (Å²) in [5, 5.41) is 1.99. The van der Waals surface area contributed by atoms with E-state index < -0.39 is 11.2 Å². The number of anilines is 1. The molecule has 1 atom stereocenters. The standard InChI is InChI=1S/C15H18N2O4S/c1-3-21-13(18)8-12-14(19)17(15(20)22-12)9-16-11-6-4-10(2)5-7-11/h4-7,12,16H,3,8-9H2,1-2H3.